The fraction of sp³-hybridized carbons (Fsp3) is 0.333. The number of benzene rings is 2. The molecule has 0 heterocycles. The van der Waals surface area contributed by atoms with Crippen LogP contribution >= 0.6 is 0 Å². The van der Waals surface area contributed by atoms with E-state index in [-0.39, 0.29) is 11.8 Å². The smallest absolute Gasteiger partial charge is 0.0727 e. The van der Waals surface area contributed by atoms with Gasteiger partial charge in [-0.05, 0) is 36.1 Å². The summed E-state index contributed by atoms with van der Waals surface area (Å²) >= 11 is 0. The van der Waals surface area contributed by atoms with Gasteiger partial charge in [-0.25, -0.2) is 0 Å². The van der Waals surface area contributed by atoms with Crippen molar-refractivity contribution in [3.63, 3.8) is 0 Å². The first-order valence-corrected chi connectivity index (χ1v) is 7.08. The Morgan fingerprint density at radius 3 is 1.35 bits per heavy atom. The summed E-state index contributed by atoms with van der Waals surface area (Å²) in [6.07, 6.45) is -1.04. The van der Waals surface area contributed by atoms with Gasteiger partial charge in [0.05, 0.1) is 12.2 Å². The monoisotopic (exact) mass is 268 g/mol. The minimum absolute atomic E-state index is 0.180. The lowest BCUT2D eigenvalue weighted by atomic mass is 9.62. The maximum absolute atomic E-state index is 10.5. The average molecular weight is 268 g/mol. The number of aryl methyl sites for hydroxylation is 2. The molecule has 2 heteroatoms. The van der Waals surface area contributed by atoms with Crippen molar-refractivity contribution in [1.82, 2.24) is 0 Å². The molecule has 0 amide bonds. The molecular weight excluding hydrogens is 248 g/mol. The predicted octanol–water partition coefficient (Wildman–Crippen LogP) is 2.91. The van der Waals surface area contributed by atoms with Crippen LogP contribution in [0.5, 0.6) is 0 Å². The third kappa shape index (κ3) is 1.96. The Labute approximate surface area is 119 Å². The Kier molecular flexibility index (Phi) is 3.36. The van der Waals surface area contributed by atoms with E-state index in [0.717, 1.165) is 22.3 Å². The van der Waals surface area contributed by atoms with Crippen LogP contribution in [0.15, 0.2) is 48.5 Å². The first kappa shape index (κ1) is 13.3. The molecule has 104 valence electrons. The summed E-state index contributed by atoms with van der Waals surface area (Å²) in [5.74, 6) is -0.360. The van der Waals surface area contributed by atoms with Gasteiger partial charge in [0.15, 0.2) is 0 Å². The van der Waals surface area contributed by atoms with E-state index in [2.05, 4.69) is 0 Å². The molecule has 2 N–H and O–H groups in total. The van der Waals surface area contributed by atoms with Crippen LogP contribution in [0.4, 0.5) is 0 Å². The second kappa shape index (κ2) is 5.04. The lowest BCUT2D eigenvalue weighted by Gasteiger charge is -2.48. The van der Waals surface area contributed by atoms with Crippen molar-refractivity contribution in [3.05, 3.63) is 70.8 Å². The third-order valence-corrected chi connectivity index (χ3v) is 4.57. The van der Waals surface area contributed by atoms with Gasteiger partial charge in [-0.1, -0.05) is 48.5 Å². The topological polar surface area (TPSA) is 40.5 Å². The van der Waals surface area contributed by atoms with Crippen molar-refractivity contribution in [2.24, 2.45) is 0 Å². The van der Waals surface area contributed by atoms with Crippen molar-refractivity contribution in [1.29, 1.82) is 0 Å². The molecule has 0 atom stereocenters. The minimum Gasteiger partial charge on any atom is -0.392 e. The standard InChI is InChI=1S/C18H20O2/c1-11-7-3-5-9-13(11)15-17(19)16(18(15)20)14-10-6-4-8-12(14)2/h3-10,15-20H,1-2H3. The predicted molar refractivity (Wildman–Crippen MR) is 79.9 cm³/mol. The molecule has 0 radical (unpaired) electrons. The van der Waals surface area contributed by atoms with Crippen LogP contribution < -0.4 is 0 Å². The van der Waals surface area contributed by atoms with E-state index in [9.17, 15) is 10.2 Å². The summed E-state index contributed by atoms with van der Waals surface area (Å²) in [6, 6.07) is 15.9. The highest BCUT2D eigenvalue weighted by Crippen LogP contribution is 2.49. The van der Waals surface area contributed by atoms with Gasteiger partial charge in [0.2, 0.25) is 0 Å². The first-order chi connectivity index (χ1) is 9.61. The normalized spacial score (nSPS) is 29.0. The molecule has 20 heavy (non-hydrogen) atoms. The molecule has 0 bridgehead atoms. The number of rotatable bonds is 2. The van der Waals surface area contributed by atoms with Crippen LogP contribution in [0.3, 0.4) is 0 Å². The second-order valence-electron chi connectivity index (χ2n) is 5.75. The van der Waals surface area contributed by atoms with Crippen molar-refractivity contribution in [3.8, 4) is 0 Å². The number of aliphatic hydroxyl groups excluding tert-OH is 2. The highest BCUT2D eigenvalue weighted by atomic mass is 16.3. The molecule has 1 aliphatic carbocycles. The Hall–Kier alpha value is -1.64. The molecule has 0 unspecified atom stereocenters. The zero-order chi connectivity index (χ0) is 14.3. The maximum Gasteiger partial charge on any atom is 0.0727 e. The maximum atomic E-state index is 10.5. The lowest BCUT2D eigenvalue weighted by molar-refractivity contribution is -0.0789. The summed E-state index contributed by atoms with van der Waals surface area (Å²) in [7, 11) is 0. The molecule has 1 aliphatic rings. The number of aliphatic hydroxyl groups is 2. The molecule has 2 aromatic rings. The van der Waals surface area contributed by atoms with Gasteiger partial charge < -0.3 is 10.2 Å². The van der Waals surface area contributed by atoms with E-state index in [0.29, 0.717) is 0 Å². The van der Waals surface area contributed by atoms with Crippen LogP contribution in [-0.4, -0.2) is 22.4 Å². The van der Waals surface area contributed by atoms with Crippen molar-refractivity contribution < 1.29 is 10.2 Å². The van der Waals surface area contributed by atoms with E-state index in [1.807, 2.05) is 62.4 Å². The van der Waals surface area contributed by atoms with Crippen LogP contribution in [-0.2, 0) is 0 Å². The van der Waals surface area contributed by atoms with Crippen LogP contribution in [0, 0.1) is 13.8 Å². The van der Waals surface area contributed by atoms with E-state index in [1.165, 1.54) is 0 Å². The molecule has 2 nitrogen and oxygen atoms in total. The van der Waals surface area contributed by atoms with E-state index >= 15 is 0 Å². The van der Waals surface area contributed by atoms with E-state index in [4.69, 9.17) is 0 Å². The minimum atomic E-state index is -0.521. The largest absolute Gasteiger partial charge is 0.392 e. The second-order valence-corrected chi connectivity index (χ2v) is 5.75. The Bertz CT molecular complexity index is 557. The third-order valence-electron chi connectivity index (χ3n) is 4.57. The highest BCUT2D eigenvalue weighted by molar-refractivity contribution is 5.41. The van der Waals surface area contributed by atoms with Gasteiger partial charge in [-0.2, -0.15) is 0 Å². The molecular formula is C18H20O2. The van der Waals surface area contributed by atoms with Crippen LogP contribution in [0.1, 0.15) is 34.1 Å². The molecule has 1 saturated carbocycles. The van der Waals surface area contributed by atoms with Crippen molar-refractivity contribution >= 4 is 0 Å². The first-order valence-electron chi connectivity index (χ1n) is 7.08. The quantitative estimate of drug-likeness (QED) is 0.879. The van der Waals surface area contributed by atoms with Crippen LogP contribution in [0.25, 0.3) is 0 Å². The zero-order valence-electron chi connectivity index (χ0n) is 11.8. The fourth-order valence-corrected chi connectivity index (χ4v) is 3.36. The molecule has 3 rings (SSSR count). The van der Waals surface area contributed by atoms with Crippen LogP contribution in [0.2, 0.25) is 0 Å². The average Bonchev–Trinajstić information content (AvgIpc) is 2.44. The van der Waals surface area contributed by atoms with Gasteiger partial charge in [-0.15, -0.1) is 0 Å². The Morgan fingerprint density at radius 1 is 0.650 bits per heavy atom. The van der Waals surface area contributed by atoms with Crippen molar-refractivity contribution in [2.45, 2.75) is 37.9 Å². The lowest BCUT2D eigenvalue weighted by Crippen LogP contribution is -2.52. The molecule has 2 aromatic carbocycles. The Balaban J connectivity index is 1.91. The van der Waals surface area contributed by atoms with Gasteiger partial charge in [0, 0.05) is 11.8 Å². The van der Waals surface area contributed by atoms with Gasteiger partial charge >= 0.3 is 0 Å². The number of hydrogen-bond donors (Lipinski definition) is 2. The number of hydrogen-bond acceptors (Lipinski definition) is 2. The van der Waals surface area contributed by atoms with E-state index in [1.54, 1.807) is 0 Å². The molecule has 0 aliphatic heterocycles. The molecule has 0 saturated heterocycles. The highest BCUT2D eigenvalue weighted by Gasteiger charge is 2.50. The summed E-state index contributed by atoms with van der Waals surface area (Å²) in [5.41, 5.74) is 4.35. The zero-order valence-corrected chi connectivity index (χ0v) is 11.8. The fourth-order valence-electron chi connectivity index (χ4n) is 3.36. The summed E-state index contributed by atoms with van der Waals surface area (Å²) in [5, 5.41) is 21.1. The molecule has 0 spiro atoms. The van der Waals surface area contributed by atoms with E-state index < -0.39 is 12.2 Å². The molecule has 1 fully saturated rings. The Morgan fingerprint density at radius 2 is 1.00 bits per heavy atom. The summed E-state index contributed by atoms with van der Waals surface area (Å²) in [4.78, 5) is 0. The van der Waals surface area contributed by atoms with Gasteiger partial charge in [-0.3, -0.25) is 0 Å². The van der Waals surface area contributed by atoms with Crippen molar-refractivity contribution in [2.75, 3.05) is 0 Å². The SMILES string of the molecule is Cc1ccccc1C1C(O)C(c2ccccc2C)C1O. The molecule has 0 aromatic heterocycles. The van der Waals surface area contributed by atoms with Gasteiger partial charge in [0.25, 0.3) is 0 Å². The van der Waals surface area contributed by atoms with Gasteiger partial charge in [0.1, 0.15) is 0 Å². The summed E-state index contributed by atoms with van der Waals surface area (Å²) in [6.45, 7) is 4.05. The summed E-state index contributed by atoms with van der Waals surface area (Å²) < 4.78 is 0.